The van der Waals surface area contributed by atoms with Gasteiger partial charge in [-0.25, -0.2) is 4.68 Å². The van der Waals surface area contributed by atoms with Gasteiger partial charge in [-0.05, 0) is 35.9 Å². The second-order valence-corrected chi connectivity index (χ2v) is 6.75. The predicted molar refractivity (Wildman–Crippen MR) is 92.5 cm³/mol. The first kappa shape index (κ1) is 16.9. The fraction of sp³-hybridized carbons (Fsp3) is 0.471. The molecule has 0 bridgehead atoms. The Labute approximate surface area is 144 Å². The standard InChI is InChI=1S/C17H21N3O3S/c1-3-14-12-7-11-24-15(12)6-8-19(14)17(22)13-4-5-16(21)20(18-13)9-10-23-2/h4-5,7,11,14H,3,6,8-10H2,1-2H3/t14-/m0/s1. The van der Waals surface area contributed by atoms with Crippen LogP contribution < -0.4 is 5.56 Å². The van der Waals surface area contributed by atoms with Crippen LogP contribution in [0, 0.1) is 0 Å². The topological polar surface area (TPSA) is 64.4 Å². The van der Waals surface area contributed by atoms with Gasteiger partial charge in [0.05, 0.1) is 19.2 Å². The molecule has 1 atom stereocenters. The average Bonchev–Trinajstić information content (AvgIpc) is 3.08. The molecule has 0 fully saturated rings. The molecule has 2 aromatic heterocycles. The van der Waals surface area contributed by atoms with Gasteiger partial charge in [0.2, 0.25) is 0 Å². The van der Waals surface area contributed by atoms with E-state index in [1.54, 1.807) is 18.4 Å². The van der Waals surface area contributed by atoms with Crippen molar-refractivity contribution < 1.29 is 9.53 Å². The minimum atomic E-state index is -0.227. The van der Waals surface area contributed by atoms with Gasteiger partial charge < -0.3 is 9.64 Å². The summed E-state index contributed by atoms with van der Waals surface area (Å²) in [5, 5.41) is 6.32. The third-order valence-electron chi connectivity index (χ3n) is 4.34. The van der Waals surface area contributed by atoms with E-state index in [1.165, 1.54) is 27.3 Å². The zero-order valence-corrected chi connectivity index (χ0v) is 14.7. The number of thiophene rings is 1. The van der Waals surface area contributed by atoms with E-state index in [0.29, 0.717) is 25.4 Å². The number of ether oxygens (including phenoxy) is 1. The molecule has 1 aliphatic rings. The Morgan fingerprint density at radius 1 is 1.42 bits per heavy atom. The maximum atomic E-state index is 13.0. The lowest BCUT2D eigenvalue weighted by Gasteiger charge is -2.35. The first-order valence-electron chi connectivity index (χ1n) is 8.10. The van der Waals surface area contributed by atoms with Crippen LogP contribution >= 0.6 is 11.3 Å². The Balaban J connectivity index is 1.87. The third-order valence-corrected chi connectivity index (χ3v) is 5.33. The fourth-order valence-corrected chi connectivity index (χ4v) is 4.06. The molecule has 0 unspecified atom stereocenters. The second-order valence-electron chi connectivity index (χ2n) is 5.74. The van der Waals surface area contributed by atoms with E-state index >= 15 is 0 Å². The summed E-state index contributed by atoms with van der Waals surface area (Å²) in [6.45, 7) is 3.49. The van der Waals surface area contributed by atoms with Crippen LogP contribution in [0.25, 0.3) is 0 Å². The Morgan fingerprint density at radius 2 is 2.25 bits per heavy atom. The number of rotatable bonds is 5. The number of aromatic nitrogens is 2. The van der Waals surface area contributed by atoms with Crippen LogP contribution in [-0.4, -0.2) is 40.8 Å². The number of carbonyl (C=O) groups is 1. The van der Waals surface area contributed by atoms with Gasteiger partial charge in [0.25, 0.3) is 11.5 Å². The van der Waals surface area contributed by atoms with Gasteiger partial charge in [0, 0.05) is 24.6 Å². The van der Waals surface area contributed by atoms with Crippen molar-refractivity contribution in [2.45, 2.75) is 32.4 Å². The summed E-state index contributed by atoms with van der Waals surface area (Å²) in [5.41, 5.74) is 1.33. The van der Waals surface area contributed by atoms with Crippen molar-refractivity contribution in [1.82, 2.24) is 14.7 Å². The highest BCUT2D eigenvalue weighted by atomic mass is 32.1. The van der Waals surface area contributed by atoms with Crippen LogP contribution in [0.4, 0.5) is 0 Å². The number of hydrogen-bond acceptors (Lipinski definition) is 5. The predicted octanol–water partition coefficient (Wildman–Crippen LogP) is 2.10. The monoisotopic (exact) mass is 347 g/mol. The molecule has 1 amide bonds. The molecule has 6 nitrogen and oxygen atoms in total. The SMILES string of the molecule is CC[C@H]1c2ccsc2CCN1C(=O)c1ccc(=O)n(CCOC)n1. The van der Waals surface area contributed by atoms with E-state index in [9.17, 15) is 9.59 Å². The van der Waals surface area contributed by atoms with Gasteiger partial charge >= 0.3 is 0 Å². The molecule has 128 valence electrons. The van der Waals surface area contributed by atoms with Gasteiger partial charge in [0.15, 0.2) is 0 Å². The summed E-state index contributed by atoms with van der Waals surface area (Å²) < 4.78 is 6.28. The molecule has 0 aromatic carbocycles. The van der Waals surface area contributed by atoms with Crippen LogP contribution in [0.5, 0.6) is 0 Å². The van der Waals surface area contributed by atoms with Crippen LogP contribution in [0.3, 0.4) is 0 Å². The number of amides is 1. The van der Waals surface area contributed by atoms with Gasteiger partial charge in [-0.3, -0.25) is 9.59 Å². The first-order valence-corrected chi connectivity index (χ1v) is 8.98. The quantitative estimate of drug-likeness (QED) is 0.831. The van der Waals surface area contributed by atoms with Crippen molar-refractivity contribution in [3.8, 4) is 0 Å². The summed E-state index contributed by atoms with van der Waals surface area (Å²) in [6, 6.07) is 5.11. The molecule has 0 spiro atoms. The Hall–Kier alpha value is -1.99. The maximum absolute atomic E-state index is 13.0. The van der Waals surface area contributed by atoms with Crippen LogP contribution in [0.15, 0.2) is 28.4 Å². The van der Waals surface area contributed by atoms with Crippen molar-refractivity contribution in [1.29, 1.82) is 0 Å². The molecular weight excluding hydrogens is 326 g/mol. The van der Waals surface area contributed by atoms with E-state index in [-0.39, 0.29) is 17.5 Å². The number of hydrogen-bond donors (Lipinski definition) is 0. The summed E-state index contributed by atoms with van der Waals surface area (Å²) in [7, 11) is 1.57. The van der Waals surface area contributed by atoms with Gasteiger partial charge in [-0.15, -0.1) is 11.3 Å². The molecule has 3 heterocycles. The minimum Gasteiger partial charge on any atom is -0.383 e. The van der Waals surface area contributed by atoms with Crippen molar-refractivity contribution in [2.24, 2.45) is 0 Å². The number of nitrogens with zero attached hydrogens (tertiary/aromatic N) is 3. The summed E-state index contributed by atoms with van der Waals surface area (Å²) in [4.78, 5) is 28.0. The molecule has 7 heteroatoms. The molecular formula is C17H21N3O3S. The van der Waals surface area contributed by atoms with Crippen molar-refractivity contribution >= 4 is 17.2 Å². The smallest absolute Gasteiger partial charge is 0.274 e. The average molecular weight is 347 g/mol. The highest BCUT2D eigenvalue weighted by Gasteiger charge is 2.31. The Kier molecular flexibility index (Phi) is 5.11. The lowest BCUT2D eigenvalue weighted by atomic mass is 9.97. The van der Waals surface area contributed by atoms with E-state index < -0.39 is 0 Å². The zero-order valence-electron chi connectivity index (χ0n) is 13.9. The third kappa shape index (κ3) is 3.14. The van der Waals surface area contributed by atoms with Crippen LogP contribution in [0.1, 0.15) is 40.3 Å². The molecule has 0 saturated heterocycles. The molecule has 0 saturated carbocycles. The van der Waals surface area contributed by atoms with Crippen molar-refractivity contribution in [3.63, 3.8) is 0 Å². The van der Waals surface area contributed by atoms with E-state index in [0.717, 1.165) is 12.8 Å². The normalized spacial score (nSPS) is 16.9. The molecule has 0 N–H and O–H groups in total. The van der Waals surface area contributed by atoms with E-state index in [2.05, 4.69) is 23.5 Å². The summed E-state index contributed by atoms with van der Waals surface area (Å²) >= 11 is 1.75. The summed E-state index contributed by atoms with van der Waals surface area (Å²) in [5.74, 6) is -0.120. The van der Waals surface area contributed by atoms with Crippen molar-refractivity contribution in [3.05, 3.63) is 50.1 Å². The van der Waals surface area contributed by atoms with Gasteiger partial charge in [-0.2, -0.15) is 5.10 Å². The van der Waals surface area contributed by atoms with Gasteiger partial charge in [0.1, 0.15) is 5.69 Å². The molecule has 3 rings (SSSR count). The number of carbonyl (C=O) groups excluding carboxylic acids is 1. The highest BCUT2D eigenvalue weighted by molar-refractivity contribution is 7.10. The minimum absolute atomic E-state index is 0.0775. The lowest BCUT2D eigenvalue weighted by molar-refractivity contribution is 0.0647. The van der Waals surface area contributed by atoms with Crippen molar-refractivity contribution in [2.75, 3.05) is 20.3 Å². The zero-order chi connectivity index (χ0) is 17.1. The maximum Gasteiger partial charge on any atom is 0.274 e. The largest absolute Gasteiger partial charge is 0.383 e. The van der Waals surface area contributed by atoms with Crippen LogP contribution in [0.2, 0.25) is 0 Å². The Bertz CT molecular complexity index is 783. The number of fused-ring (bicyclic) bond motifs is 1. The summed E-state index contributed by atoms with van der Waals surface area (Å²) in [6.07, 6.45) is 1.73. The molecule has 0 radical (unpaired) electrons. The van der Waals surface area contributed by atoms with E-state index in [1.807, 2.05) is 4.90 Å². The first-order chi connectivity index (χ1) is 11.7. The Morgan fingerprint density at radius 3 is 3.00 bits per heavy atom. The molecule has 0 aliphatic carbocycles. The highest BCUT2D eigenvalue weighted by Crippen LogP contribution is 2.35. The van der Waals surface area contributed by atoms with Crippen LogP contribution in [-0.2, 0) is 17.7 Å². The molecule has 1 aliphatic heterocycles. The fourth-order valence-electron chi connectivity index (χ4n) is 3.13. The lowest BCUT2D eigenvalue weighted by Crippen LogP contribution is -2.40. The van der Waals surface area contributed by atoms with E-state index in [4.69, 9.17) is 4.74 Å². The second kappa shape index (κ2) is 7.27. The molecule has 2 aromatic rings. The number of methoxy groups -OCH3 is 1. The molecule has 24 heavy (non-hydrogen) atoms. The van der Waals surface area contributed by atoms with Gasteiger partial charge in [-0.1, -0.05) is 6.92 Å².